The molecule has 0 bridgehead atoms. The Morgan fingerprint density at radius 1 is 1.19 bits per heavy atom. The highest BCUT2D eigenvalue weighted by Gasteiger charge is 2.47. The van der Waals surface area contributed by atoms with Crippen LogP contribution in [0.2, 0.25) is 10.0 Å². The van der Waals surface area contributed by atoms with Gasteiger partial charge in [0.05, 0.1) is 33.9 Å². The Balaban J connectivity index is 1.77. The average molecular weight is 559 g/mol. The second-order valence-corrected chi connectivity index (χ2v) is 12.4. The normalized spacial score (nSPS) is 22.6. The number of sulfonamides is 1. The minimum Gasteiger partial charge on any atom is -0.394 e. The van der Waals surface area contributed by atoms with E-state index in [1.54, 1.807) is 35.3 Å². The van der Waals surface area contributed by atoms with Crippen LogP contribution in [-0.2, 0) is 20.2 Å². The Kier molecular flexibility index (Phi) is 8.00. The van der Waals surface area contributed by atoms with E-state index >= 15 is 0 Å². The van der Waals surface area contributed by atoms with Crippen LogP contribution in [0.15, 0.2) is 42.5 Å². The quantitative estimate of drug-likeness (QED) is 0.556. The molecule has 2 aliphatic heterocycles. The molecule has 2 aromatic carbocycles. The molecule has 2 aliphatic rings. The lowest BCUT2D eigenvalue weighted by atomic mass is 9.78. The zero-order valence-electron chi connectivity index (χ0n) is 20.2. The standard InChI is InChI=1S/C25H30Cl2FN3O4S/c1-3-25(2,18-6-9-21(26)22(27)14-18)24(33)31(23(16-32)17-4-7-19(28)8-5-17)29-11-12-30-20(15-29)10-13-36(30,34)35/h4-9,14,20,23,32H,3,10-13,15-16H2,1-2H3/t20?,23-,25?/m0/s1. The molecule has 0 radical (unpaired) electrons. The zero-order valence-corrected chi connectivity index (χ0v) is 22.5. The molecule has 4 rings (SSSR count). The van der Waals surface area contributed by atoms with Crippen LogP contribution in [0.5, 0.6) is 0 Å². The van der Waals surface area contributed by atoms with E-state index in [9.17, 15) is 22.7 Å². The maximum absolute atomic E-state index is 14.4. The maximum atomic E-state index is 14.4. The molecule has 0 spiro atoms. The van der Waals surface area contributed by atoms with Crippen molar-refractivity contribution >= 4 is 39.1 Å². The summed E-state index contributed by atoms with van der Waals surface area (Å²) in [7, 11) is -3.30. The van der Waals surface area contributed by atoms with Crippen molar-refractivity contribution in [1.82, 2.24) is 14.3 Å². The van der Waals surface area contributed by atoms with E-state index in [2.05, 4.69) is 0 Å². The summed E-state index contributed by atoms with van der Waals surface area (Å²) >= 11 is 12.4. The first-order chi connectivity index (χ1) is 17.0. The van der Waals surface area contributed by atoms with Gasteiger partial charge in [0.2, 0.25) is 15.9 Å². The van der Waals surface area contributed by atoms with Gasteiger partial charge in [-0.1, -0.05) is 48.3 Å². The van der Waals surface area contributed by atoms with Crippen LogP contribution >= 0.6 is 23.2 Å². The summed E-state index contributed by atoms with van der Waals surface area (Å²) in [5.74, 6) is -0.620. The van der Waals surface area contributed by atoms with E-state index < -0.39 is 33.9 Å². The monoisotopic (exact) mass is 557 g/mol. The van der Waals surface area contributed by atoms with Gasteiger partial charge in [0, 0.05) is 25.7 Å². The second kappa shape index (κ2) is 10.6. The van der Waals surface area contributed by atoms with Gasteiger partial charge in [0.1, 0.15) is 5.82 Å². The van der Waals surface area contributed by atoms with Crippen molar-refractivity contribution in [2.45, 2.75) is 44.2 Å². The molecule has 2 heterocycles. The van der Waals surface area contributed by atoms with E-state index in [1.807, 2.05) is 18.9 Å². The summed E-state index contributed by atoms with van der Waals surface area (Å²) < 4.78 is 40.1. The molecule has 11 heteroatoms. The van der Waals surface area contributed by atoms with Crippen molar-refractivity contribution in [3.8, 4) is 0 Å². The summed E-state index contributed by atoms with van der Waals surface area (Å²) in [5.41, 5.74) is 0.217. The molecule has 0 aromatic heterocycles. The minimum atomic E-state index is -3.30. The number of hydrazine groups is 1. The van der Waals surface area contributed by atoms with Gasteiger partial charge in [-0.3, -0.25) is 9.80 Å². The van der Waals surface area contributed by atoms with Crippen molar-refractivity contribution in [2.24, 2.45) is 0 Å². The Morgan fingerprint density at radius 2 is 1.89 bits per heavy atom. The number of halogens is 3. The van der Waals surface area contributed by atoms with Crippen molar-refractivity contribution in [3.05, 3.63) is 69.5 Å². The predicted molar refractivity (Wildman–Crippen MR) is 138 cm³/mol. The number of carbonyl (C=O) groups excluding carboxylic acids is 1. The molecule has 1 N–H and O–H groups in total. The Labute approximate surface area is 221 Å². The number of aliphatic hydroxyl groups is 1. The van der Waals surface area contributed by atoms with Gasteiger partial charge in [0.25, 0.3) is 0 Å². The van der Waals surface area contributed by atoms with E-state index in [0.29, 0.717) is 40.6 Å². The lowest BCUT2D eigenvalue weighted by Gasteiger charge is -2.48. The molecule has 2 aromatic rings. The summed E-state index contributed by atoms with van der Waals surface area (Å²) in [5, 5.41) is 14.6. The van der Waals surface area contributed by atoms with E-state index in [0.717, 1.165) is 0 Å². The van der Waals surface area contributed by atoms with Gasteiger partial charge in [0.15, 0.2) is 0 Å². The van der Waals surface area contributed by atoms with Gasteiger partial charge < -0.3 is 5.11 Å². The lowest BCUT2D eigenvalue weighted by molar-refractivity contribution is -0.170. The number of nitrogens with zero attached hydrogens (tertiary/aromatic N) is 3. The highest BCUT2D eigenvalue weighted by atomic mass is 35.5. The topological polar surface area (TPSA) is 81.2 Å². The molecule has 0 aliphatic carbocycles. The van der Waals surface area contributed by atoms with E-state index in [-0.39, 0.29) is 30.8 Å². The van der Waals surface area contributed by atoms with Crippen molar-refractivity contribution in [3.63, 3.8) is 0 Å². The molecule has 1 amide bonds. The molecule has 36 heavy (non-hydrogen) atoms. The number of rotatable bonds is 7. The summed E-state index contributed by atoms with van der Waals surface area (Å²) in [4.78, 5) is 14.4. The Bertz CT molecular complexity index is 1230. The molecular weight excluding hydrogens is 528 g/mol. The van der Waals surface area contributed by atoms with Crippen LogP contribution in [0, 0.1) is 5.82 Å². The number of hydrogen-bond acceptors (Lipinski definition) is 5. The van der Waals surface area contributed by atoms with Gasteiger partial charge in [-0.05, 0) is 55.2 Å². The first kappa shape index (κ1) is 27.3. The SMILES string of the molecule is CCC(C)(C(=O)N([C@@H](CO)c1ccc(F)cc1)N1CCN2C(CCS2(=O)=O)C1)c1ccc(Cl)c(Cl)c1. The second-order valence-electron chi connectivity index (χ2n) is 9.50. The fraction of sp³-hybridized carbons (Fsp3) is 0.480. The van der Waals surface area contributed by atoms with Gasteiger partial charge >= 0.3 is 0 Å². The largest absolute Gasteiger partial charge is 0.394 e. The van der Waals surface area contributed by atoms with Crippen molar-refractivity contribution in [1.29, 1.82) is 0 Å². The van der Waals surface area contributed by atoms with Crippen molar-refractivity contribution < 1.29 is 22.7 Å². The third kappa shape index (κ3) is 5.01. The van der Waals surface area contributed by atoms with Crippen LogP contribution in [0.25, 0.3) is 0 Å². The predicted octanol–water partition coefficient (Wildman–Crippen LogP) is 4.00. The molecule has 7 nitrogen and oxygen atoms in total. The molecule has 196 valence electrons. The van der Waals surface area contributed by atoms with Gasteiger partial charge in [-0.2, -0.15) is 4.31 Å². The number of hydrogen-bond donors (Lipinski definition) is 1. The van der Waals surface area contributed by atoms with Crippen LogP contribution in [0.1, 0.15) is 43.9 Å². The molecule has 2 unspecified atom stereocenters. The zero-order chi connectivity index (χ0) is 26.3. The third-order valence-corrected chi connectivity index (χ3v) is 10.1. The number of carbonyl (C=O) groups is 1. The highest BCUT2D eigenvalue weighted by Crippen LogP contribution is 2.38. The van der Waals surface area contributed by atoms with Crippen LogP contribution < -0.4 is 0 Å². The molecule has 2 fully saturated rings. The first-order valence-electron chi connectivity index (χ1n) is 11.9. The minimum absolute atomic E-state index is 0.0802. The summed E-state index contributed by atoms with van der Waals surface area (Å²) in [6, 6.07) is 9.72. The summed E-state index contributed by atoms with van der Waals surface area (Å²) in [6.45, 7) is 4.14. The lowest BCUT2D eigenvalue weighted by Crippen LogP contribution is -2.62. The molecule has 2 saturated heterocycles. The number of amides is 1. The first-order valence-corrected chi connectivity index (χ1v) is 14.3. The Morgan fingerprint density at radius 3 is 2.50 bits per heavy atom. The Hall–Kier alpha value is -1.75. The highest BCUT2D eigenvalue weighted by molar-refractivity contribution is 7.89. The van der Waals surface area contributed by atoms with E-state index in [1.165, 1.54) is 16.4 Å². The van der Waals surface area contributed by atoms with Gasteiger partial charge in [-0.25, -0.2) is 17.8 Å². The molecule has 0 saturated carbocycles. The number of aliphatic hydroxyl groups excluding tert-OH is 1. The number of fused-ring (bicyclic) bond motifs is 1. The van der Waals surface area contributed by atoms with Crippen LogP contribution in [0.3, 0.4) is 0 Å². The van der Waals surface area contributed by atoms with Crippen LogP contribution in [0.4, 0.5) is 4.39 Å². The average Bonchev–Trinajstić information content (AvgIpc) is 3.17. The van der Waals surface area contributed by atoms with Gasteiger partial charge in [-0.15, -0.1) is 0 Å². The smallest absolute Gasteiger partial charge is 0.247 e. The number of benzene rings is 2. The van der Waals surface area contributed by atoms with Crippen molar-refractivity contribution in [2.75, 3.05) is 32.0 Å². The van der Waals surface area contributed by atoms with Crippen LogP contribution in [-0.4, -0.2) is 71.8 Å². The van der Waals surface area contributed by atoms with E-state index in [4.69, 9.17) is 23.2 Å². The summed E-state index contributed by atoms with van der Waals surface area (Å²) in [6.07, 6.45) is 0.901. The third-order valence-electron chi connectivity index (χ3n) is 7.45. The molecule has 3 atom stereocenters. The fourth-order valence-electron chi connectivity index (χ4n) is 5.07. The molecular formula is C25H30Cl2FN3O4S. The number of piperazine rings is 1. The maximum Gasteiger partial charge on any atom is 0.247 e. The fourth-order valence-corrected chi connectivity index (χ4v) is 7.16.